The van der Waals surface area contributed by atoms with Crippen LogP contribution in [0.1, 0.15) is 9.67 Å². The molecule has 11 heteroatoms. The molecule has 8 nitrogen and oxygen atoms in total. The third kappa shape index (κ3) is 3.70. The second-order valence-electron chi connectivity index (χ2n) is 6.21. The van der Waals surface area contributed by atoms with Crippen molar-refractivity contribution in [3.63, 3.8) is 0 Å². The number of non-ortho nitro benzene ring substituents is 1. The van der Waals surface area contributed by atoms with E-state index in [9.17, 15) is 14.9 Å². The van der Waals surface area contributed by atoms with Gasteiger partial charge in [-0.3, -0.25) is 20.2 Å². The summed E-state index contributed by atoms with van der Waals surface area (Å²) >= 11 is 7.91. The number of aryl methyl sites for hydroxylation is 1. The van der Waals surface area contributed by atoms with E-state index < -0.39 is 10.8 Å². The lowest BCUT2D eigenvalue weighted by Crippen LogP contribution is -2.29. The summed E-state index contributed by atoms with van der Waals surface area (Å²) < 4.78 is 9.02. The normalized spacial score (nSPS) is 11.7. The van der Waals surface area contributed by atoms with Crippen LogP contribution in [0.5, 0.6) is 5.75 Å². The first-order chi connectivity index (χ1) is 14.4. The zero-order valence-electron chi connectivity index (χ0n) is 15.7. The van der Waals surface area contributed by atoms with Gasteiger partial charge in [0.05, 0.1) is 21.6 Å². The number of hydrogen-bond donors (Lipinski definition) is 1. The second kappa shape index (κ2) is 7.94. The van der Waals surface area contributed by atoms with Crippen LogP contribution in [0.3, 0.4) is 0 Å². The molecule has 0 aliphatic heterocycles. The van der Waals surface area contributed by atoms with E-state index in [4.69, 9.17) is 17.0 Å². The number of carbonyl (C=O) groups excluding carboxylic acids is 1. The number of hydrogen-bond acceptors (Lipinski definition) is 7. The molecular weight excluding hydrogens is 444 g/mol. The van der Waals surface area contributed by atoms with Crippen LogP contribution in [0.2, 0.25) is 0 Å². The van der Waals surface area contributed by atoms with Gasteiger partial charge in [-0.15, -0.1) is 11.3 Å². The van der Waals surface area contributed by atoms with E-state index >= 15 is 0 Å². The van der Waals surface area contributed by atoms with Gasteiger partial charge in [0.25, 0.3) is 11.6 Å². The number of fused-ring (bicyclic) bond motifs is 2. The lowest BCUT2D eigenvalue weighted by Gasteiger charge is -2.03. The number of benzene rings is 2. The topological polar surface area (TPSA) is 98.8 Å². The molecular formula is C19H14N4O4S3. The van der Waals surface area contributed by atoms with Gasteiger partial charge in [0, 0.05) is 29.3 Å². The Morgan fingerprint density at radius 3 is 2.77 bits per heavy atom. The van der Waals surface area contributed by atoms with Gasteiger partial charge in [0.2, 0.25) is 5.11 Å². The number of nitrogens with zero attached hydrogens (tertiary/aromatic N) is 3. The van der Waals surface area contributed by atoms with E-state index in [-0.39, 0.29) is 10.8 Å². The average Bonchev–Trinajstić information content (AvgIpc) is 3.28. The predicted octanol–water partition coefficient (Wildman–Crippen LogP) is 3.99. The number of aromatic nitrogens is 1. The van der Waals surface area contributed by atoms with Gasteiger partial charge in [-0.05, 0) is 36.5 Å². The molecule has 0 unspecified atom stereocenters. The highest BCUT2D eigenvalue weighted by Gasteiger charge is 2.15. The maximum Gasteiger partial charge on any atom is 0.270 e. The van der Waals surface area contributed by atoms with Crippen molar-refractivity contribution >= 4 is 71.9 Å². The van der Waals surface area contributed by atoms with Gasteiger partial charge < -0.3 is 9.30 Å². The molecule has 0 atom stereocenters. The minimum Gasteiger partial charge on any atom is -0.495 e. The van der Waals surface area contributed by atoms with Crippen LogP contribution in [0.4, 0.5) is 5.69 Å². The van der Waals surface area contributed by atoms with Gasteiger partial charge in [-0.1, -0.05) is 17.4 Å². The number of nitro benzene ring substituents is 1. The Balaban J connectivity index is 1.60. The highest BCUT2D eigenvalue weighted by atomic mass is 32.1. The Kier molecular flexibility index (Phi) is 5.33. The number of nitro groups is 1. The molecule has 0 spiro atoms. The molecule has 1 N–H and O–H groups in total. The van der Waals surface area contributed by atoms with Crippen LogP contribution in [0.15, 0.2) is 47.5 Å². The average molecular weight is 459 g/mol. The minimum absolute atomic E-state index is 0.0227. The molecule has 0 aliphatic rings. The van der Waals surface area contributed by atoms with Crippen LogP contribution in [-0.2, 0) is 7.05 Å². The number of thiazole rings is 1. The molecule has 4 aromatic rings. The van der Waals surface area contributed by atoms with Crippen molar-refractivity contribution in [2.45, 2.75) is 0 Å². The van der Waals surface area contributed by atoms with Crippen LogP contribution in [-0.4, -0.2) is 27.6 Å². The molecule has 0 fully saturated rings. The van der Waals surface area contributed by atoms with Gasteiger partial charge in [-0.2, -0.15) is 4.99 Å². The number of thiocarbonyl (C=S) groups is 1. The SMILES string of the molecule is COc1cccc2sc(=NC(=S)NC(=O)c3cc4cc([N+](=O)[O-])ccc4s3)n(C)c12. The smallest absolute Gasteiger partial charge is 0.270 e. The fourth-order valence-corrected chi connectivity index (χ4v) is 5.19. The third-order valence-corrected chi connectivity index (χ3v) is 6.76. The van der Waals surface area contributed by atoms with E-state index in [1.54, 1.807) is 19.2 Å². The summed E-state index contributed by atoms with van der Waals surface area (Å²) in [4.78, 5) is 28.4. The Hall–Kier alpha value is -3.15. The lowest BCUT2D eigenvalue weighted by molar-refractivity contribution is -0.384. The minimum atomic E-state index is -0.467. The number of methoxy groups -OCH3 is 1. The van der Waals surface area contributed by atoms with Crippen molar-refractivity contribution in [2.75, 3.05) is 7.11 Å². The zero-order valence-corrected chi connectivity index (χ0v) is 18.2. The van der Waals surface area contributed by atoms with Crippen LogP contribution in [0, 0.1) is 10.1 Å². The molecule has 0 saturated heterocycles. The maximum atomic E-state index is 12.6. The van der Waals surface area contributed by atoms with Crippen LogP contribution < -0.4 is 14.9 Å². The highest BCUT2D eigenvalue weighted by molar-refractivity contribution is 7.80. The van der Waals surface area contributed by atoms with E-state index in [1.807, 2.05) is 29.8 Å². The standard InChI is InChI=1S/C19H14N4O4S3/c1-22-16-12(27-2)4-3-5-14(16)30-19(22)21-18(28)20-17(24)15-9-10-8-11(23(25)26)6-7-13(10)29-15/h3-9H,1-2H3,(H,20,24,28). The Labute approximate surface area is 183 Å². The van der Waals surface area contributed by atoms with Crippen molar-refractivity contribution in [1.29, 1.82) is 0 Å². The molecule has 2 heterocycles. The number of rotatable bonds is 3. The van der Waals surface area contributed by atoms with Gasteiger partial charge in [-0.25, -0.2) is 0 Å². The summed E-state index contributed by atoms with van der Waals surface area (Å²) in [7, 11) is 3.46. The first-order valence-electron chi connectivity index (χ1n) is 8.58. The Morgan fingerprint density at radius 2 is 2.03 bits per heavy atom. The molecule has 0 radical (unpaired) electrons. The first-order valence-corrected chi connectivity index (χ1v) is 10.6. The van der Waals surface area contributed by atoms with Gasteiger partial charge >= 0.3 is 0 Å². The number of carbonyl (C=O) groups is 1. The Morgan fingerprint density at radius 1 is 1.23 bits per heavy atom. The molecule has 1 amide bonds. The summed E-state index contributed by atoms with van der Waals surface area (Å²) in [5.74, 6) is 0.316. The first kappa shape index (κ1) is 20.1. The maximum absolute atomic E-state index is 12.6. The quantitative estimate of drug-likeness (QED) is 0.284. The van der Waals surface area contributed by atoms with Crippen LogP contribution >= 0.6 is 34.9 Å². The van der Waals surface area contributed by atoms with Crippen LogP contribution in [0.25, 0.3) is 20.3 Å². The van der Waals surface area contributed by atoms with Gasteiger partial charge in [0.1, 0.15) is 11.3 Å². The highest BCUT2D eigenvalue weighted by Crippen LogP contribution is 2.29. The summed E-state index contributed by atoms with van der Waals surface area (Å²) in [5, 5.41) is 14.2. The fourth-order valence-electron chi connectivity index (χ4n) is 2.97. The van der Waals surface area contributed by atoms with Crippen molar-refractivity contribution in [3.8, 4) is 5.75 Å². The van der Waals surface area contributed by atoms with E-state index in [0.29, 0.717) is 15.1 Å². The molecule has 2 aromatic heterocycles. The number of para-hydroxylation sites is 1. The molecule has 4 rings (SSSR count). The van der Waals surface area contributed by atoms with Crippen molar-refractivity contribution in [1.82, 2.24) is 9.88 Å². The third-order valence-electron chi connectivity index (χ3n) is 4.36. The van der Waals surface area contributed by atoms with E-state index in [2.05, 4.69) is 10.3 Å². The molecule has 152 valence electrons. The predicted molar refractivity (Wildman–Crippen MR) is 121 cm³/mol. The van der Waals surface area contributed by atoms with E-state index in [0.717, 1.165) is 20.7 Å². The largest absolute Gasteiger partial charge is 0.495 e. The fraction of sp³-hybridized carbons (Fsp3) is 0.105. The summed E-state index contributed by atoms with van der Waals surface area (Å²) in [5.41, 5.74) is 0.870. The molecule has 30 heavy (non-hydrogen) atoms. The summed E-state index contributed by atoms with van der Waals surface area (Å²) in [6.07, 6.45) is 0. The zero-order chi connectivity index (χ0) is 21.4. The molecule has 0 bridgehead atoms. The number of nitrogens with one attached hydrogen (secondary N) is 1. The molecule has 2 aromatic carbocycles. The Bertz CT molecular complexity index is 1400. The number of amides is 1. The second-order valence-corrected chi connectivity index (χ2v) is 8.69. The summed E-state index contributed by atoms with van der Waals surface area (Å²) in [6.45, 7) is 0. The van der Waals surface area contributed by atoms with Crippen molar-refractivity contribution in [2.24, 2.45) is 12.0 Å². The molecule has 0 saturated carbocycles. The van der Waals surface area contributed by atoms with Gasteiger partial charge in [0.15, 0.2) is 4.80 Å². The lowest BCUT2D eigenvalue weighted by atomic mass is 10.2. The van der Waals surface area contributed by atoms with Crippen molar-refractivity contribution < 1.29 is 14.5 Å². The monoisotopic (exact) mass is 458 g/mol. The number of ether oxygens (including phenoxy) is 1. The molecule has 0 aliphatic carbocycles. The van der Waals surface area contributed by atoms with E-state index in [1.165, 1.54) is 34.8 Å². The number of thiophene rings is 1. The van der Waals surface area contributed by atoms with Crippen molar-refractivity contribution in [3.05, 3.63) is 62.3 Å². The summed E-state index contributed by atoms with van der Waals surface area (Å²) in [6, 6.07) is 11.8.